The Hall–Kier alpha value is -2.23. The number of nitrogens with one attached hydrogen (secondary N) is 2. The fourth-order valence-corrected chi connectivity index (χ4v) is 2.73. The number of benzene rings is 1. The topological polar surface area (TPSA) is 110 Å². The van der Waals surface area contributed by atoms with Gasteiger partial charge in [-0.2, -0.15) is 5.10 Å². The molecule has 7 nitrogen and oxygen atoms in total. The van der Waals surface area contributed by atoms with Crippen molar-refractivity contribution in [3.63, 3.8) is 0 Å². The quantitative estimate of drug-likeness (QED) is 0.410. The number of rotatable bonds is 6. The van der Waals surface area contributed by atoms with Gasteiger partial charge in [0.05, 0.1) is 17.7 Å². The highest BCUT2D eigenvalue weighted by Gasteiger charge is 2.14. The lowest BCUT2D eigenvalue weighted by molar-refractivity contribution is 0.493. The molecule has 23 heavy (non-hydrogen) atoms. The predicted octanol–water partition coefficient (Wildman–Crippen LogP) is 1.23. The summed E-state index contributed by atoms with van der Waals surface area (Å²) in [6, 6.07) is 9.90. The number of hydrogen-bond donors (Lipinski definition) is 3. The Labute approximate surface area is 139 Å². The van der Waals surface area contributed by atoms with Crippen molar-refractivity contribution in [2.45, 2.75) is 18.4 Å². The summed E-state index contributed by atoms with van der Waals surface area (Å²) in [4.78, 5) is 0.206. The average Bonchev–Trinajstić information content (AvgIpc) is 2.93. The molecule has 1 heterocycles. The molecule has 0 unspecified atom stereocenters. The van der Waals surface area contributed by atoms with Crippen LogP contribution in [0.15, 0.2) is 50.8 Å². The summed E-state index contributed by atoms with van der Waals surface area (Å²) in [6.07, 6.45) is 1.39. The number of sulfonamides is 1. The smallest absolute Gasteiger partial charge is 0.240 e. The van der Waals surface area contributed by atoms with E-state index >= 15 is 0 Å². The fourth-order valence-electron chi connectivity index (χ4n) is 1.69. The van der Waals surface area contributed by atoms with Crippen LogP contribution in [0.4, 0.5) is 0 Å². The van der Waals surface area contributed by atoms with Crippen molar-refractivity contribution >= 4 is 33.6 Å². The molecule has 0 aliphatic carbocycles. The molecule has 0 aliphatic rings. The van der Waals surface area contributed by atoms with E-state index in [2.05, 4.69) is 27.5 Å². The molecule has 0 amide bonds. The number of furan rings is 1. The summed E-state index contributed by atoms with van der Waals surface area (Å²) in [6.45, 7) is 1.93. The largest absolute Gasteiger partial charge is 0.459 e. The van der Waals surface area contributed by atoms with Gasteiger partial charge in [-0.1, -0.05) is 17.7 Å². The van der Waals surface area contributed by atoms with E-state index in [9.17, 15) is 8.42 Å². The maximum Gasteiger partial charge on any atom is 0.240 e. The molecule has 122 valence electrons. The first-order valence-electron chi connectivity index (χ1n) is 6.60. The molecular formula is C14H16N4O3S2. The molecule has 0 fully saturated rings. The second kappa shape index (κ2) is 7.36. The van der Waals surface area contributed by atoms with Gasteiger partial charge >= 0.3 is 0 Å². The highest BCUT2D eigenvalue weighted by atomic mass is 32.2. The van der Waals surface area contributed by atoms with E-state index in [1.807, 2.05) is 6.92 Å². The molecule has 0 saturated carbocycles. The standard InChI is InChI=1S/C14H16N4O3S2/c1-10-2-6-13(7-3-10)23(19,20)17-9-12-5-4-11(21-12)8-16-18-14(15)22/h2-8,17H,9H2,1H3,(H3,15,18,22)/b16-8-. The van der Waals surface area contributed by atoms with Crippen LogP contribution in [0.25, 0.3) is 0 Å². The monoisotopic (exact) mass is 352 g/mol. The second-order valence-electron chi connectivity index (χ2n) is 4.68. The van der Waals surface area contributed by atoms with Crippen molar-refractivity contribution in [2.24, 2.45) is 10.8 Å². The van der Waals surface area contributed by atoms with Crippen LogP contribution in [0.1, 0.15) is 17.1 Å². The Morgan fingerprint density at radius 3 is 2.65 bits per heavy atom. The van der Waals surface area contributed by atoms with Crippen LogP contribution in [0.2, 0.25) is 0 Å². The van der Waals surface area contributed by atoms with Crippen molar-refractivity contribution in [3.05, 3.63) is 53.5 Å². The van der Waals surface area contributed by atoms with Crippen molar-refractivity contribution in [1.82, 2.24) is 10.1 Å². The van der Waals surface area contributed by atoms with Gasteiger partial charge in [-0.15, -0.1) is 0 Å². The SMILES string of the molecule is Cc1ccc(S(=O)(=O)NCc2ccc(/C=N\NC(N)=S)o2)cc1. The van der Waals surface area contributed by atoms with E-state index in [-0.39, 0.29) is 16.6 Å². The lowest BCUT2D eigenvalue weighted by Crippen LogP contribution is -2.24. The summed E-state index contributed by atoms with van der Waals surface area (Å²) < 4.78 is 32.2. The molecule has 1 aromatic carbocycles. The molecule has 0 spiro atoms. The van der Waals surface area contributed by atoms with Gasteiger partial charge in [-0.05, 0) is 43.4 Å². The van der Waals surface area contributed by atoms with Gasteiger partial charge in [0.2, 0.25) is 10.0 Å². The van der Waals surface area contributed by atoms with E-state index in [4.69, 9.17) is 10.2 Å². The average molecular weight is 352 g/mol. The van der Waals surface area contributed by atoms with Crippen LogP contribution in [0.3, 0.4) is 0 Å². The number of hydrogen-bond acceptors (Lipinski definition) is 5. The highest BCUT2D eigenvalue weighted by molar-refractivity contribution is 7.89. The van der Waals surface area contributed by atoms with Crippen molar-refractivity contribution < 1.29 is 12.8 Å². The third-order valence-corrected chi connectivity index (χ3v) is 4.33. The van der Waals surface area contributed by atoms with Crippen LogP contribution in [-0.4, -0.2) is 19.7 Å². The maximum atomic E-state index is 12.2. The Balaban J connectivity index is 1.98. The van der Waals surface area contributed by atoms with Crippen molar-refractivity contribution in [3.8, 4) is 0 Å². The van der Waals surface area contributed by atoms with Crippen molar-refractivity contribution in [2.75, 3.05) is 0 Å². The van der Waals surface area contributed by atoms with Crippen LogP contribution < -0.4 is 15.9 Å². The Morgan fingerprint density at radius 2 is 2.00 bits per heavy atom. The van der Waals surface area contributed by atoms with Gasteiger partial charge in [0, 0.05) is 0 Å². The molecule has 0 radical (unpaired) electrons. The zero-order chi connectivity index (χ0) is 16.9. The molecule has 2 aromatic rings. The van der Waals surface area contributed by atoms with Crippen LogP contribution in [0.5, 0.6) is 0 Å². The summed E-state index contributed by atoms with van der Waals surface area (Å²) in [5.41, 5.74) is 8.60. The molecule has 1 aromatic heterocycles. The number of hydrazone groups is 1. The first kappa shape index (κ1) is 17.1. The first-order chi connectivity index (χ1) is 10.9. The zero-order valence-electron chi connectivity index (χ0n) is 12.3. The zero-order valence-corrected chi connectivity index (χ0v) is 13.9. The molecule has 0 aliphatic heterocycles. The van der Waals surface area contributed by atoms with Crippen molar-refractivity contribution in [1.29, 1.82) is 0 Å². The Morgan fingerprint density at radius 1 is 1.30 bits per heavy atom. The van der Waals surface area contributed by atoms with Gasteiger partial charge in [0.1, 0.15) is 11.5 Å². The summed E-state index contributed by atoms with van der Waals surface area (Å²) in [5, 5.41) is 3.79. The number of nitrogens with two attached hydrogens (primary N) is 1. The van der Waals surface area contributed by atoms with E-state index < -0.39 is 10.0 Å². The van der Waals surface area contributed by atoms with E-state index in [1.54, 1.807) is 36.4 Å². The van der Waals surface area contributed by atoms with E-state index in [0.717, 1.165) is 5.56 Å². The third-order valence-electron chi connectivity index (χ3n) is 2.82. The van der Waals surface area contributed by atoms with E-state index in [0.29, 0.717) is 11.5 Å². The predicted molar refractivity (Wildman–Crippen MR) is 91.4 cm³/mol. The minimum Gasteiger partial charge on any atom is -0.459 e. The van der Waals surface area contributed by atoms with Gasteiger partial charge in [0.25, 0.3) is 0 Å². The molecule has 0 atom stereocenters. The Kier molecular flexibility index (Phi) is 5.48. The number of thiocarbonyl (C=S) groups is 1. The fraction of sp³-hybridized carbons (Fsp3) is 0.143. The van der Waals surface area contributed by atoms with Gasteiger partial charge < -0.3 is 10.2 Å². The lowest BCUT2D eigenvalue weighted by atomic mass is 10.2. The lowest BCUT2D eigenvalue weighted by Gasteiger charge is -2.05. The first-order valence-corrected chi connectivity index (χ1v) is 8.49. The van der Waals surface area contributed by atoms with Gasteiger partial charge in [-0.25, -0.2) is 13.1 Å². The molecule has 0 saturated heterocycles. The molecular weight excluding hydrogens is 336 g/mol. The molecule has 2 rings (SSSR count). The molecule has 4 N–H and O–H groups in total. The third kappa shape index (κ3) is 5.16. The normalized spacial score (nSPS) is 11.7. The summed E-state index contributed by atoms with van der Waals surface area (Å²) in [5.74, 6) is 0.899. The minimum absolute atomic E-state index is 0.0345. The number of aryl methyl sites for hydroxylation is 1. The van der Waals surface area contributed by atoms with Gasteiger partial charge in [-0.3, -0.25) is 5.43 Å². The highest BCUT2D eigenvalue weighted by Crippen LogP contribution is 2.12. The Bertz CT molecular complexity index is 811. The summed E-state index contributed by atoms with van der Waals surface area (Å²) >= 11 is 4.60. The number of nitrogens with zero attached hydrogens (tertiary/aromatic N) is 1. The van der Waals surface area contributed by atoms with Crippen LogP contribution in [-0.2, 0) is 16.6 Å². The minimum atomic E-state index is -3.58. The van der Waals surface area contributed by atoms with Crippen LogP contribution >= 0.6 is 12.2 Å². The maximum absolute atomic E-state index is 12.2. The van der Waals surface area contributed by atoms with Gasteiger partial charge in [0.15, 0.2) is 5.11 Å². The molecule has 9 heteroatoms. The van der Waals surface area contributed by atoms with E-state index in [1.165, 1.54) is 6.21 Å². The summed E-state index contributed by atoms with van der Waals surface area (Å²) in [7, 11) is -3.58. The van der Waals surface area contributed by atoms with Crippen LogP contribution in [0, 0.1) is 6.92 Å². The second-order valence-corrected chi connectivity index (χ2v) is 6.88. The molecule has 0 bridgehead atoms.